The third kappa shape index (κ3) is 4.20. The fraction of sp³-hybridized carbons (Fsp3) is 0.429. The number of benzene rings is 1. The zero-order valence-electron chi connectivity index (χ0n) is 16.6. The molecule has 3 N–H and O–H groups in total. The first-order valence-electron chi connectivity index (χ1n) is 10.3. The molecular formula is C21H25N5O2S2. The Balaban J connectivity index is 1.54. The molecule has 2 aromatic heterocycles. The SMILES string of the molecule is NS(=O)(=O)NCC1CCCN(c2nc(C3CC3)nc3scc(-c4ccccc4)c23)C1. The minimum Gasteiger partial charge on any atom is -0.356 e. The van der Waals surface area contributed by atoms with Crippen molar-refractivity contribution in [1.29, 1.82) is 0 Å². The summed E-state index contributed by atoms with van der Waals surface area (Å²) in [6.07, 6.45) is 4.27. The molecule has 5 rings (SSSR count). The van der Waals surface area contributed by atoms with Crippen molar-refractivity contribution in [3.8, 4) is 11.1 Å². The zero-order valence-corrected chi connectivity index (χ0v) is 18.3. The van der Waals surface area contributed by atoms with Crippen LogP contribution in [0.5, 0.6) is 0 Å². The zero-order chi connectivity index (χ0) is 20.7. The van der Waals surface area contributed by atoms with Crippen molar-refractivity contribution >= 4 is 37.6 Å². The Morgan fingerprint density at radius 2 is 1.97 bits per heavy atom. The number of hydrogen-bond acceptors (Lipinski definition) is 6. The lowest BCUT2D eigenvalue weighted by molar-refractivity contribution is 0.409. The van der Waals surface area contributed by atoms with Crippen LogP contribution in [0.1, 0.15) is 37.4 Å². The van der Waals surface area contributed by atoms with Gasteiger partial charge in [0.05, 0.1) is 5.39 Å². The predicted octanol–water partition coefficient (Wildman–Crippen LogP) is 3.25. The Morgan fingerprint density at radius 3 is 2.70 bits per heavy atom. The van der Waals surface area contributed by atoms with E-state index in [4.69, 9.17) is 15.1 Å². The molecule has 1 unspecified atom stereocenters. The highest BCUT2D eigenvalue weighted by atomic mass is 32.2. The van der Waals surface area contributed by atoms with Crippen molar-refractivity contribution in [1.82, 2.24) is 14.7 Å². The molecule has 1 aliphatic carbocycles. The van der Waals surface area contributed by atoms with Crippen LogP contribution in [0.2, 0.25) is 0 Å². The lowest BCUT2D eigenvalue weighted by Crippen LogP contribution is -2.42. The molecule has 0 spiro atoms. The van der Waals surface area contributed by atoms with Crippen LogP contribution >= 0.6 is 11.3 Å². The summed E-state index contributed by atoms with van der Waals surface area (Å²) in [4.78, 5) is 13.3. The number of piperidine rings is 1. The van der Waals surface area contributed by atoms with Crippen molar-refractivity contribution in [3.05, 3.63) is 41.5 Å². The summed E-state index contributed by atoms with van der Waals surface area (Å²) in [6, 6.07) is 10.4. The van der Waals surface area contributed by atoms with Crippen molar-refractivity contribution in [2.24, 2.45) is 11.1 Å². The summed E-state index contributed by atoms with van der Waals surface area (Å²) in [6.45, 7) is 2.02. The quantitative estimate of drug-likeness (QED) is 0.609. The van der Waals surface area contributed by atoms with Crippen LogP contribution in [-0.2, 0) is 10.2 Å². The van der Waals surface area contributed by atoms with E-state index >= 15 is 0 Å². The van der Waals surface area contributed by atoms with E-state index < -0.39 is 10.2 Å². The number of fused-ring (bicyclic) bond motifs is 1. The molecule has 30 heavy (non-hydrogen) atoms. The van der Waals surface area contributed by atoms with E-state index in [2.05, 4.69) is 27.1 Å². The normalized spacial score (nSPS) is 20.0. The molecule has 0 radical (unpaired) electrons. The fourth-order valence-electron chi connectivity index (χ4n) is 4.18. The van der Waals surface area contributed by atoms with Gasteiger partial charge in [0.25, 0.3) is 10.2 Å². The third-order valence-electron chi connectivity index (χ3n) is 5.85. The number of rotatable bonds is 6. The van der Waals surface area contributed by atoms with Crippen LogP contribution in [0, 0.1) is 5.92 Å². The third-order valence-corrected chi connectivity index (χ3v) is 7.29. The van der Waals surface area contributed by atoms with Crippen LogP contribution in [0.3, 0.4) is 0 Å². The second-order valence-corrected chi connectivity index (χ2v) is 10.5. The van der Waals surface area contributed by atoms with Gasteiger partial charge in [-0.1, -0.05) is 30.3 Å². The molecule has 1 aliphatic heterocycles. The van der Waals surface area contributed by atoms with Crippen LogP contribution < -0.4 is 14.8 Å². The number of aromatic nitrogens is 2. The van der Waals surface area contributed by atoms with E-state index in [9.17, 15) is 8.42 Å². The van der Waals surface area contributed by atoms with Crippen LogP contribution in [0.25, 0.3) is 21.3 Å². The molecule has 158 valence electrons. The lowest BCUT2D eigenvalue weighted by atomic mass is 9.97. The molecule has 1 saturated heterocycles. The van der Waals surface area contributed by atoms with Gasteiger partial charge in [0, 0.05) is 36.5 Å². The van der Waals surface area contributed by atoms with E-state index in [1.165, 1.54) is 0 Å². The van der Waals surface area contributed by atoms with Gasteiger partial charge >= 0.3 is 0 Å². The number of thiophene rings is 1. The smallest absolute Gasteiger partial charge is 0.274 e. The van der Waals surface area contributed by atoms with E-state index in [1.807, 2.05) is 18.2 Å². The molecule has 1 aromatic carbocycles. The second-order valence-electron chi connectivity index (χ2n) is 8.22. The summed E-state index contributed by atoms with van der Waals surface area (Å²) in [5, 5.41) is 8.42. The van der Waals surface area contributed by atoms with Gasteiger partial charge in [0.15, 0.2) is 0 Å². The Labute approximate surface area is 180 Å². The van der Waals surface area contributed by atoms with E-state index in [-0.39, 0.29) is 5.92 Å². The molecule has 3 aromatic rings. The largest absolute Gasteiger partial charge is 0.356 e. The summed E-state index contributed by atoms with van der Waals surface area (Å²) in [7, 11) is -3.68. The first-order valence-corrected chi connectivity index (χ1v) is 12.8. The summed E-state index contributed by atoms with van der Waals surface area (Å²) < 4.78 is 25.1. The average Bonchev–Trinajstić information content (AvgIpc) is 3.51. The number of hydrogen-bond donors (Lipinski definition) is 2. The van der Waals surface area contributed by atoms with Crippen LogP contribution in [-0.4, -0.2) is 38.0 Å². The number of nitrogens with two attached hydrogens (primary N) is 1. The fourth-order valence-corrected chi connectivity index (χ4v) is 5.60. The van der Waals surface area contributed by atoms with Gasteiger partial charge in [-0.25, -0.2) is 19.8 Å². The second kappa shape index (κ2) is 7.88. The summed E-state index contributed by atoms with van der Waals surface area (Å²) >= 11 is 1.67. The number of nitrogens with one attached hydrogen (secondary N) is 1. The van der Waals surface area contributed by atoms with Crippen molar-refractivity contribution in [2.45, 2.75) is 31.6 Å². The Kier molecular flexibility index (Phi) is 5.22. The van der Waals surface area contributed by atoms with Gasteiger partial charge in [0.1, 0.15) is 16.5 Å². The van der Waals surface area contributed by atoms with E-state index in [1.54, 1.807) is 11.3 Å². The standard InChI is InChI=1S/C21H25N5O2S2/c22-30(27,28)23-11-14-5-4-10-26(12-14)20-18-17(15-6-2-1-3-7-15)13-29-21(18)25-19(24-20)16-8-9-16/h1-3,6-7,13-14,16,23H,4-5,8-12H2,(H2,22,27,28). The van der Waals surface area contributed by atoms with Crippen molar-refractivity contribution < 1.29 is 8.42 Å². The monoisotopic (exact) mass is 443 g/mol. The maximum atomic E-state index is 11.3. The topological polar surface area (TPSA) is 101 Å². The van der Waals surface area contributed by atoms with Crippen LogP contribution in [0.15, 0.2) is 35.7 Å². The molecule has 3 heterocycles. The first-order chi connectivity index (χ1) is 14.5. The minimum atomic E-state index is -3.68. The summed E-state index contributed by atoms with van der Waals surface area (Å²) in [5.41, 5.74) is 2.33. The van der Waals surface area contributed by atoms with Gasteiger partial charge in [0.2, 0.25) is 0 Å². The molecule has 2 aliphatic rings. The van der Waals surface area contributed by atoms with Crippen molar-refractivity contribution in [2.75, 3.05) is 24.5 Å². The maximum absolute atomic E-state index is 11.3. The Morgan fingerprint density at radius 1 is 1.17 bits per heavy atom. The predicted molar refractivity (Wildman–Crippen MR) is 121 cm³/mol. The number of nitrogens with zero attached hydrogens (tertiary/aromatic N) is 3. The first kappa shape index (κ1) is 19.9. The van der Waals surface area contributed by atoms with Gasteiger partial charge in [-0.3, -0.25) is 0 Å². The molecule has 7 nitrogen and oxygen atoms in total. The Bertz CT molecular complexity index is 1160. The molecule has 0 bridgehead atoms. The van der Waals surface area contributed by atoms with Gasteiger partial charge < -0.3 is 4.90 Å². The van der Waals surface area contributed by atoms with E-state index in [0.717, 1.165) is 71.8 Å². The maximum Gasteiger partial charge on any atom is 0.274 e. The molecule has 9 heteroatoms. The minimum absolute atomic E-state index is 0.199. The number of anilines is 1. The molecule has 1 atom stereocenters. The van der Waals surface area contributed by atoms with Gasteiger partial charge in [-0.15, -0.1) is 11.3 Å². The highest BCUT2D eigenvalue weighted by Gasteiger charge is 2.31. The lowest BCUT2D eigenvalue weighted by Gasteiger charge is -2.34. The van der Waals surface area contributed by atoms with Crippen LogP contribution in [0.4, 0.5) is 5.82 Å². The van der Waals surface area contributed by atoms with Gasteiger partial charge in [-0.05, 0) is 37.2 Å². The highest BCUT2D eigenvalue weighted by Crippen LogP contribution is 2.44. The van der Waals surface area contributed by atoms with Crippen molar-refractivity contribution in [3.63, 3.8) is 0 Å². The molecule has 2 fully saturated rings. The molecule has 1 saturated carbocycles. The molecule has 0 amide bonds. The molecular weight excluding hydrogens is 418 g/mol. The Hall–Kier alpha value is -2.07. The van der Waals surface area contributed by atoms with Gasteiger partial charge in [-0.2, -0.15) is 8.42 Å². The van der Waals surface area contributed by atoms with E-state index in [0.29, 0.717) is 12.5 Å². The summed E-state index contributed by atoms with van der Waals surface area (Å²) in [5.74, 6) is 2.61. The average molecular weight is 444 g/mol. The highest BCUT2D eigenvalue weighted by molar-refractivity contribution is 7.87.